The average molecular weight is 184 g/mol. The molecule has 0 unspecified atom stereocenters. The second-order valence-electron chi connectivity index (χ2n) is 3.57. The molecule has 13 heavy (non-hydrogen) atoms. The molecule has 0 aromatic carbocycles. The molecule has 0 aromatic rings. The third kappa shape index (κ3) is 2.00. The fraction of sp³-hybridized carbons (Fsp3) is 0.889. The lowest BCUT2D eigenvalue weighted by molar-refractivity contribution is 0.110. The van der Waals surface area contributed by atoms with Crippen molar-refractivity contribution < 1.29 is 9.47 Å². The van der Waals surface area contributed by atoms with Crippen LogP contribution in [0.25, 0.3) is 0 Å². The standard InChI is InChI=1S/C9H16N2O2/c1-12-7-9-3-2-4-11(9)10-8-5-13-6-8/h9H,2-7H2,1H3/t9-/m1/s1. The highest BCUT2D eigenvalue weighted by molar-refractivity contribution is 5.90. The highest BCUT2D eigenvalue weighted by Gasteiger charge is 2.24. The van der Waals surface area contributed by atoms with Gasteiger partial charge in [-0.25, -0.2) is 0 Å². The van der Waals surface area contributed by atoms with E-state index >= 15 is 0 Å². The van der Waals surface area contributed by atoms with Crippen LogP contribution in [0.2, 0.25) is 0 Å². The van der Waals surface area contributed by atoms with E-state index in [-0.39, 0.29) is 0 Å². The number of nitrogens with zero attached hydrogens (tertiary/aromatic N) is 2. The first-order valence-electron chi connectivity index (χ1n) is 4.80. The number of ether oxygens (including phenoxy) is 2. The maximum Gasteiger partial charge on any atom is 0.0895 e. The molecule has 0 radical (unpaired) electrons. The largest absolute Gasteiger partial charge is 0.382 e. The van der Waals surface area contributed by atoms with Gasteiger partial charge in [-0.15, -0.1) is 0 Å². The zero-order valence-electron chi connectivity index (χ0n) is 8.03. The van der Waals surface area contributed by atoms with Crippen LogP contribution in [0.3, 0.4) is 0 Å². The summed E-state index contributed by atoms with van der Waals surface area (Å²) < 4.78 is 10.2. The lowest BCUT2D eigenvalue weighted by Crippen LogP contribution is -2.35. The second kappa shape index (κ2) is 4.07. The Labute approximate surface area is 78.5 Å². The van der Waals surface area contributed by atoms with Gasteiger partial charge in [-0.3, -0.25) is 5.01 Å². The fourth-order valence-corrected chi connectivity index (χ4v) is 1.75. The predicted molar refractivity (Wildman–Crippen MR) is 49.9 cm³/mol. The Kier molecular flexibility index (Phi) is 2.80. The van der Waals surface area contributed by atoms with Crippen molar-refractivity contribution in [3.63, 3.8) is 0 Å². The second-order valence-corrected chi connectivity index (χ2v) is 3.57. The van der Waals surface area contributed by atoms with Crippen molar-refractivity contribution in [1.82, 2.24) is 5.01 Å². The summed E-state index contributed by atoms with van der Waals surface area (Å²) in [5, 5.41) is 6.68. The Morgan fingerprint density at radius 2 is 2.46 bits per heavy atom. The van der Waals surface area contributed by atoms with Crippen molar-refractivity contribution in [2.75, 3.05) is 33.5 Å². The maximum atomic E-state index is 5.15. The maximum absolute atomic E-state index is 5.15. The molecule has 1 atom stereocenters. The van der Waals surface area contributed by atoms with Crippen molar-refractivity contribution in [2.45, 2.75) is 18.9 Å². The third-order valence-electron chi connectivity index (χ3n) is 2.51. The molecule has 0 N–H and O–H groups in total. The van der Waals surface area contributed by atoms with Gasteiger partial charge in [0.2, 0.25) is 0 Å². The van der Waals surface area contributed by atoms with Crippen LogP contribution in [-0.2, 0) is 9.47 Å². The summed E-state index contributed by atoms with van der Waals surface area (Å²) in [6.07, 6.45) is 2.43. The van der Waals surface area contributed by atoms with Crippen molar-refractivity contribution in [2.24, 2.45) is 5.10 Å². The molecule has 2 aliphatic rings. The lowest BCUT2D eigenvalue weighted by atomic mass is 10.2. The van der Waals surface area contributed by atoms with E-state index in [0.29, 0.717) is 6.04 Å². The molecule has 74 valence electrons. The molecule has 4 nitrogen and oxygen atoms in total. The van der Waals surface area contributed by atoms with E-state index < -0.39 is 0 Å². The lowest BCUT2D eigenvalue weighted by Gasteiger charge is -2.25. The van der Waals surface area contributed by atoms with Crippen LogP contribution in [0, 0.1) is 0 Å². The van der Waals surface area contributed by atoms with Crippen LogP contribution in [-0.4, -0.2) is 50.2 Å². The smallest absolute Gasteiger partial charge is 0.0895 e. The van der Waals surface area contributed by atoms with Crippen LogP contribution in [0.1, 0.15) is 12.8 Å². The Bertz CT molecular complexity index is 200. The minimum atomic E-state index is 0.484. The summed E-state index contributed by atoms with van der Waals surface area (Å²) in [4.78, 5) is 0. The summed E-state index contributed by atoms with van der Waals surface area (Å²) in [5.41, 5.74) is 1.17. The third-order valence-corrected chi connectivity index (χ3v) is 2.51. The van der Waals surface area contributed by atoms with Crippen molar-refractivity contribution in [1.29, 1.82) is 0 Å². The first kappa shape index (κ1) is 8.97. The average Bonchev–Trinajstić information content (AvgIpc) is 2.46. The van der Waals surface area contributed by atoms with Gasteiger partial charge in [0.15, 0.2) is 0 Å². The van der Waals surface area contributed by atoms with E-state index in [2.05, 4.69) is 10.1 Å². The van der Waals surface area contributed by atoms with Crippen molar-refractivity contribution in [3.05, 3.63) is 0 Å². The van der Waals surface area contributed by atoms with E-state index in [9.17, 15) is 0 Å². The summed E-state index contributed by atoms with van der Waals surface area (Å²) in [5.74, 6) is 0. The molecular formula is C9H16N2O2. The minimum absolute atomic E-state index is 0.484. The molecule has 2 rings (SSSR count). The first-order chi connectivity index (χ1) is 6.40. The van der Waals surface area contributed by atoms with Crippen LogP contribution in [0.4, 0.5) is 0 Å². The van der Waals surface area contributed by atoms with Gasteiger partial charge in [-0.1, -0.05) is 0 Å². The molecule has 4 heteroatoms. The van der Waals surface area contributed by atoms with Gasteiger partial charge < -0.3 is 9.47 Å². The molecule has 2 heterocycles. The van der Waals surface area contributed by atoms with Crippen LogP contribution in [0.15, 0.2) is 5.10 Å². The van der Waals surface area contributed by atoms with Crippen LogP contribution in [0.5, 0.6) is 0 Å². The zero-order chi connectivity index (χ0) is 9.10. The van der Waals surface area contributed by atoms with Crippen molar-refractivity contribution >= 4 is 5.71 Å². The monoisotopic (exact) mass is 184 g/mol. The first-order valence-corrected chi connectivity index (χ1v) is 4.80. The Morgan fingerprint density at radius 1 is 1.62 bits per heavy atom. The zero-order valence-corrected chi connectivity index (χ0v) is 8.03. The predicted octanol–water partition coefficient (Wildman–Crippen LogP) is 0.483. The van der Waals surface area contributed by atoms with Crippen LogP contribution < -0.4 is 0 Å². The van der Waals surface area contributed by atoms with E-state index in [1.807, 2.05) is 0 Å². The normalized spacial score (nSPS) is 27.6. The highest BCUT2D eigenvalue weighted by atomic mass is 16.5. The summed E-state index contributed by atoms with van der Waals surface area (Å²) in [6.45, 7) is 3.29. The summed E-state index contributed by atoms with van der Waals surface area (Å²) in [6, 6.07) is 0.484. The number of hydrogen-bond donors (Lipinski definition) is 0. The summed E-state index contributed by atoms with van der Waals surface area (Å²) >= 11 is 0. The van der Waals surface area contributed by atoms with E-state index in [1.165, 1.54) is 18.6 Å². The topological polar surface area (TPSA) is 34.1 Å². The quantitative estimate of drug-likeness (QED) is 0.640. The van der Waals surface area contributed by atoms with Gasteiger partial charge in [0.1, 0.15) is 0 Å². The van der Waals surface area contributed by atoms with Gasteiger partial charge in [-0.2, -0.15) is 5.10 Å². The van der Waals surface area contributed by atoms with Gasteiger partial charge in [0.25, 0.3) is 0 Å². The molecule has 2 aliphatic heterocycles. The fourth-order valence-electron chi connectivity index (χ4n) is 1.75. The molecule has 0 aromatic heterocycles. The minimum Gasteiger partial charge on any atom is -0.382 e. The number of rotatable bonds is 3. The Hall–Kier alpha value is -0.610. The molecule has 2 saturated heterocycles. The van der Waals surface area contributed by atoms with Gasteiger partial charge in [-0.05, 0) is 12.8 Å². The highest BCUT2D eigenvalue weighted by Crippen LogP contribution is 2.18. The molecule has 0 saturated carbocycles. The SMILES string of the molecule is COC[C@H]1CCCN1N=C1COC1. The molecular weight excluding hydrogens is 168 g/mol. The van der Waals surface area contributed by atoms with Gasteiger partial charge in [0.05, 0.1) is 31.6 Å². The van der Waals surface area contributed by atoms with Crippen molar-refractivity contribution in [3.8, 4) is 0 Å². The van der Waals surface area contributed by atoms with Gasteiger partial charge >= 0.3 is 0 Å². The summed E-state index contributed by atoms with van der Waals surface area (Å²) in [7, 11) is 1.75. The molecule has 2 fully saturated rings. The number of hydrazone groups is 1. The van der Waals surface area contributed by atoms with E-state index in [1.54, 1.807) is 7.11 Å². The van der Waals surface area contributed by atoms with Gasteiger partial charge in [0, 0.05) is 13.7 Å². The van der Waals surface area contributed by atoms with E-state index in [4.69, 9.17) is 9.47 Å². The number of methoxy groups -OCH3 is 1. The molecule has 0 amide bonds. The Morgan fingerprint density at radius 3 is 3.08 bits per heavy atom. The number of hydrogen-bond acceptors (Lipinski definition) is 4. The van der Waals surface area contributed by atoms with Crippen LogP contribution >= 0.6 is 0 Å². The Balaban J connectivity index is 1.89. The van der Waals surface area contributed by atoms with E-state index in [0.717, 1.165) is 26.4 Å². The molecule has 0 spiro atoms. The molecule has 0 aliphatic carbocycles. The molecule has 0 bridgehead atoms.